The first-order chi connectivity index (χ1) is 14.1. The van der Waals surface area contributed by atoms with E-state index in [0.717, 1.165) is 22.8 Å². The molecule has 146 valence electrons. The van der Waals surface area contributed by atoms with Gasteiger partial charge in [0.1, 0.15) is 5.82 Å². The van der Waals surface area contributed by atoms with Gasteiger partial charge in [-0.25, -0.2) is 9.78 Å². The summed E-state index contributed by atoms with van der Waals surface area (Å²) in [5, 5.41) is 4.29. The fraction of sp³-hybridized carbons (Fsp3) is 0.208. The molecule has 5 heteroatoms. The van der Waals surface area contributed by atoms with Gasteiger partial charge in [-0.2, -0.15) is 0 Å². The van der Waals surface area contributed by atoms with Gasteiger partial charge in [0.2, 0.25) is 0 Å². The Bertz CT molecular complexity index is 1050. The van der Waals surface area contributed by atoms with Crippen molar-refractivity contribution in [2.24, 2.45) is 5.16 Å². The van der Waals surface area contributed by atoms with Gasteiger partial charge < -0.3 is 9.74 Å². The third-order valence-electron chi connectivity index (χ3n) is 5.22. The van der Waals surface area contributed by atoms with Crippen LogP contribution in [0, 0.1) is 6.92 Å². The summed E-state index contributed by atoms with van der Waals surface area (Å²) in [7, 11) is 0. The summed E-state index contributed by atoms with van der Waals surface area (Å²) in [5.74, 6) is 0.484. The van der Waals surface area contributed by atoms with Crippen molar-refractivity contribution in [1.29, 1.82) is 0 Å². The molecule has 0 N–H and O–H groups in total. The van der Waals surface area contributed by atoms with E-state index >= 15 is 0 Å². The van der Waals surface area contributed by atoms with Crippen molar-refractivity contribution in [1.82, 2.24) is 4.98 Å². The molecule has 2 heterocycles. The molecular weight excluding hydrogens is 362 g/mol. The van der Waals surface area contributed by atoms with Gasteiger partial charge in [-0.05, 0) is 41.8 Å². The Kier molecular flexibility index (Phi) is 5.38. The van der Waals surface area contributed by atoms with Crippen LogP contribution in [-0.4, -0.2) is 23.2 Å². The molecule has 1 aliphatic heterocycles. The number of fused-ring (bicyclic) bond motifs is 1. The van der Waals surface area contributed by atoms with Crippen LogP contribution < -0.4 is 4.90 Å². The van der Waals surface area contributed by atoms with Crippen LogP contribution in [-0.2, 0) is 16.1 Å². The zero-order valence-corrected chi connectivity index (χ0v) is 16.6. The van der Waals surface area contributed by atoms with Crippen molar-refractivity contribution in [2.75, 3.05) is 11.4 Å². The van der Waals surface area contributed by atoms with Crippen LogP contribution in [0.3, 0.4) is 0 Å². The molecule has 1 unspecified atom stereocenters. The number of carbonyl (C=O) groups is 1. The van der Waals surface area contributed by atoms with Crippen LogP contribution in [0.25, 0.3) is 0 Å². The topological polar surface area (TPSA) is 54.8 Å². The highest BCUT2D eigenvalue weighted by Crippen LogP contribution is 2.41. The number of anilines is 2. The first-order valence-electron chi connectivity index (χ1n) is 9.70. The lowest BCUT2D eigenvalue weighted by molar-refractivity contribution is -0.141. The molecule has 29 heavy (non-hydrogen) atoms. The van der Waals surface area contributed by atoms with E-state index in [2.05, 4.69) is 46.2 Å². The van der Waals surface area contributed by atoms with E-state index < -0.39 is 5.97 Å². The van der Waals surface area contributed by atoms with Crippen LogP contribution in [0.2, 0.25) is 0 Å². The van der Waals surface area contributed by atoms with E-state index in [-0.39, 0.29) is 5.92 Å². The fourth-order valence-corrected chi connectivity index (χ4v) is 3.77. The largest absolute Gasteiger partial charge is 0.331 e. The Morgan fingerprint density at radius 3 is 2.62 bits per heavy atom. The Hall–Kier alpha value is -3.47. The Balaban J connectivity index is 1.73. The van der Waals surface area contributed by atoms with Gasteiger partial charge in [0.25, 0.3) is 0 Å². The molecule has 5 nitrogen and oxygen atoms in total. The summed E-state index contributed by atoms with van der Waals surface area (Å²) in [6, 6.07) is 22.4. The third-order valence-corrected chi connectivity index (χ3v) is 5.22. The van der Waals surface area contributed by atoms with Crippen LogP contribution in [0.4, 0.5) is 11.5 Å². The highest BCUT2D eigenvalue weighted by Gasteiger charge is 2.33. The molecule has 0 saturated carbocycles. The van der Waals surface area contributed by atoms with E-state index in [9.17, 15) is 4.79 Å². The Morgan fingerprint density at radius 1 is 1.10 bits per heavy atom. The van der Waals surface area contributed by atoms with E-state index in [0.29, 0.717) is 13.0 Å². The van der Waals surface area contributed by atoms with Crippen molar-refractivity contribution in [3.05, 3.63) is 89.6 Å². The number of pyridine rings is 1. The first-order valence-corrected chi connectivity index (χ1v) is 9.70. The molecule has 0 aliphatic carbocycles. The molecule has 1 atom stereocenters. The normalized spacial score (nSPS) is 15.9. The van der Waals surface area contributed by atoms with Crippen LogP contribution in [0.1, 0.15) is 29.5 Å². The maximum Gasteiger partial charge on any atom is 0.331 e. The molecule has 1 aliphatic rings. The van der Waals surface area contributed by atoms with Gasteiger partial charge >= 0.3 is 5.97 Å². The monoisotopic (exact) mass is 385 g/mol. The standard InChI is InChI=1S/C24H23N3O2/c1-17-9-3-4-10-19(17)15-22(26-29-18(2)28)21-16-27(24-13-7-8-14-25-24)23-12-6-5-11-20(21)23/h3-14,21H,15-16H2,1-2H3/b26-22+. The summed E-state index contributed by atoms with van der Waals surface area (Å²) in [6.07, 6.45) is 2.42. The molecule has 0 fully saturated rings. The van der Waals surface area contributed by atoms with E-state index in [1.54, 1.807) is 6.20 Å². The SMILES string of the molecule is CC(=O)O/N=C(\Cc1ccccc1C)C1CN(c2ccccn2)c2ccccc21. The lowest BCUT2D eigenvalue weighted by Crippen LogP contribution is -2.23. The van der Waals surface area contributed by atoms with Gasteiger partial charge in [0, 0.05) is 37.7 Å². The van der Waals surface area contributed by atoms with Crippen molar-refractivity contribution in [3.63, 3.8) is 0 Å². The van der Waals surface area contributed by atoms with Gasteiger partial charge in [-0.15, -0.1) is 0 Å². The molecule has 0 amide bonds. The number of hydrogen-bond donors (Lipinski definition) is 0. The number of rotatable bonds is 5. The van der Waals surface area contributed by atoms with Crippen molar-refractivity contribution < 1.29 is 9.63 Å². The lowest BCUT2D eigenvalue weighted by Gasteiger charge is -2.19. The zero-order valence-electron chi connectivity index (χ0n) is 16.6. The van der Waals surface area contributed by atoms with Gasteiger partial charge in [0.15, 0.2) is 0 Å². The number of para-hydroxylation sites is 1. The number of aromatic nitrogens is 1. The highest BCUT2D eigenvalue weighted by atomic mass is 16.7. The molecule has 0 spiro atoms. The van der Waals surface area contributed by atoms with E-state index in [4.69, 9.17) is 4.84 Å². The lowest BCUT2D eigenvalue weighted by atomic mass is 9.91. The first kappa shape index (κ1) is 18.9. The molecule has 2 aromatic carbocycles. The predicted molar refractivity (Wildman–Crippen MR) is 115 cm³/mol. The minimum atomic E-state index is -0.417. The number of aryl methyl sites for hydroxylation is 1. The maximum atomic E-state index is 11.5. The van der Waals surface area contributed by atoms with Gasteiger partial charge in [-0.3, -0.25) is 0 Å². The second kappa shape index (κ2) is 8.27. The maximum absolute atomic E-state index is 11.5. The molecule has 0 bridgehead atoms. The smallest absolute Gasteiger partial charge is 0.325 e. The number of carbonyl (C=O) groups excluding carboxylic acids is 1. The van der Waals surface area contributed by atoms with Crippen molar-refractivity contribution in [3.8, 4) is 0 Å². The van der Waals surface area contributed by atoms with Crippen LogP contribution >= 0.6 is 0 Å². The zero-order chi connectivity index (χ0) is 20.2. The molecule has 4 rings (SSSR count). The van der Waals surface area contributed by atoms with Gasteiger partial charge in [0.05, 0.1) is 5.71 Å². The van der Waals surface area contributed by atoms with Gasteiger partial charge in [-0.1, -0.05) is 53.7 Å². The number of nitrogens with zero attached hydrogens (tertiary/aromatic N) is 3. The highest BCUT2D eigenvalue weighted by molar-refractivity contribution is 5.97. The third kappa shape index (κ3) is 4.04. The van der Waals surface area contributed by atoms with Crippen molar-refractivity contribution in [2.45, 2.75) is 26.2 Å². The Labute approximate surface area is 170 Å². The number of hydrogen-bond acceptors (Lipinski definition) is 5. The van der Waals surface area contributed by atoms with Crippen molar-refractivity contribution >= 4 is 23.2 Å². The fourth-order valence-electron chi connectivity index (χ4n) is 3.77. The second-order valence-corrected chi connectivity index (χ2v) is 7.18. The number of benzene rings is 2. The van der Waals surface area contributed by atoms with Crippen LogP contribution in [0.5, 0.6) is 0 Å². The second-order valence-electron chi connectivity index (χ2n) is 7.18. The van der Waals surface area contributed by atoms with E-state index in [1.807, 2.05) is 42.5 Å². The average Bonchev–Trinajstić information content (AvgIpc) is 3.12. The summed E-state index contributed by atoms with van der Waals surface area (Å²) >= 11 is 0. The summed E-state index contributed by atoms with van der Waals surface area (Å²) in [5.41, 5.74) is 5.47. The summed E-state index contributed by atoms with van der Waals surface area (Å²) in [4.78, 5) is 23.3. The minimum Gasteiger partial charge on any atom is -0.325 e. The predicted octanol–water partition coefficient (Wildman–Crippen LogP) is 4.79. The summed E-state index contributed by atoms with van der Waals surface area (Å²) in [6.45, 7) is 4.15. The molecule has 3 aromatic rings. The molecular formula is C24H23N3O2. The minimum absolute atomic E-state index is 0.00663. The van der Waals surface area contributed by atoms with E-state index in [1.165, 1.54) is 18.1 Å². The quantitative estimate of drug-likeness (QED) is 0.360. The number of oxime groups is 1. The Morgan fingerprint density at radius 2 is 1.86 bits per heavy atom. The summed E-state index contributed by atoms with van der Waals surface area (Å²) < 4.78 is 0. The molecule has 0 saturated heterocycles. The average molecular weight is 385 g/mol. The molecule has 1 aromatic heterocycles. The van der Waals surface area contributed by atoms with Crippen LogP contribution in [0.15, 0.2) is 78.1 Å². The molecule has 0 radical (unpaired) electrons.